The number of carbonyl (C=O) groups is 1. The smallest absolute Gasteiger partial charge is 0.343 e. The average Bonchev–Trinajstić information content (AvgIpc) is 1.84. The summed E-state index contributed by atoms with van der Waals surface area (Å²) in [6, 6.07) is -1.02. The lowest BCUT2D eigenvalue weighted by atomic mass is 10.3. The first-order valence-corrected chi connectivity index (χ1v) is 2.22. The zero-order valence-electron chi connectivity index (χ0n) is 4.00. The number of carbonyl (C=O) groups excluding carboxylic acids is 1. The van der Waals surface area contributed by atoms with Gasteiger partial charge in [-0.15, -0.1) is 0 Å². The van der Waals surface area contributed by atoms with Crippen molar-refractivity contribution in [3.8, 4) is 0 Å². The highest BCUT2D eigenvalue weighted by Gasteiger charge is 2.11. The minimum atomic E-state index is -1.02. The van der Waals surface area contributed by atoms with E-state index in [1.54, 1.807) is 0 Å². The Hall–Kier alpha value is -0.320. The Bertz CT molecular complexity index is 86.6. The summed E-state index contributed by atoms with van der Waals surface area (Å²) >= 11 is 4.58. The number of rotatable bonds is 2. The lowest BCUT2D eigenvalue weighted by Crippen LogP contribution is -2.33. The summed E-state index contributed by atoms with van der Waals surface area (Å²) in [5, 5.41) is 8.15. The van der Waals surface area contributed by atoms with Crippen LogP contribution in [0.15, 0.2) is 0 Å². The van der Waals surface area contributed by atoms with Gasteiger partial charge in [0.1, 0.15) is 17.9 Å². The van der Waals surface area contributed by atoms with Crippen molar-refractivity contribution in [3.63, 3.8) is 0 Å². The number of aliphatic hydroxyl groups is 1. The van der Waals surface area contributed by atoms with Crippen molar-refractivity contribution in [2.45, 2.75) is 6.04 Å². The number of hydrogen-bond acceptors (Lipinski definition) is 4. The fourth-order valence-corrected chi connectivity index (χ4v) is 0.246. The van der Waals surface area contributed by atoms with E-state index in [2.05, 4.69) is 16.2 Å². The number of aliphatic hydroxyl groups excluding tert-OH is 1. The van der Waals surface area contributed by atoms with E-state index >= 15 is 0 Å². The Kier molecular flexibility index (Phi) is 3.51. The molecule has 3 N–H and O–H groups in total. The van der Waals surface area contributed by atoms with Crippen LogP contribution in [-0.2, 0) is 9.08 Å². The third kappa shape index (κ3) is 2.11. The summed E-state index contributed by atoms with van der Waals surface area (Å²) in [6.45, 7) is -0.453. The van der Waals surface area contributed by atoms with E-state index in [1.165, 1.54) is 0 Å². The van der Waals surface area contributed by atoms with Crippen LogP contribution in [0.3, 0.4) is 0 Å². The quantitative estimate of drug-likeness (QED) is 0.515. The molecular formula is C3H6ClNO3. The molecule has 4 nitrogen and oxygen atoms in total. The highest BCUT2D eigenvalue weighted by molar-refractivity contribution is 6.13. The highest BCUT2D eigenvalue weighted by atomic mass is 35.5. The molecule has 0 radical (unpaired) electrons. The number of nitrogens with two attached hydrogens (primary N) is 1. The van der Waals surface area contributed by atoms with Crippen molar-refractivity contribution in [1.29, 1.82) is 0 Å². The SMILES string of the molecule is N[C@@H](CO)C(=O)OCl. The second-order valence-electron chi connectivity index (χ2n) is 1.19. The van der Waals surface area contributed by atoms with Gasteiger partial charge in [-0.3, -0.25) is 0 Å². The molecule has 0 aliphatic rings. The molecular weight excluding hydrogens is 133 g/mol. The van der Waals surface area contributed by atoms with E-state index in [0.717, 1.165) is 0 Å². The highest BCUT2D eigenvalue weighted by Crippen LogP contribution is 1.85. The zero-order chi connectivity index (χ0) is 6.57. The first-order chi connectivity index (χ1) is 3.72. The third-order valence-electron chi connectivity index (χ3n) is 0.575. The van der Waals surface area contributed by atoms with Gasteiger partial charge in [-0.25, -0.2) is 4.79 Å². The molecule has 0 fully saturated rings. The predicted molar refractivity (Wildman–Crippen MR) is 27.0 cm³/mol. The van der Waals surface area contributed by atoms with E-state index in [-0.39, 0.29) is 0 Å². The molecule has 0 unspecified atom stereocenters. The molecule has 48 valence electrons. The van der Waals surface area contributed by atoms with Gasteiger partial charge in [0.05, 0.1) is 6.61 Å². The first-order valence-electron chi connectivity index (χ1n) is 1.91. The van der Waals surface area contributed by atoms with Gasteiger partial charge < -0.3 is 15.1 Å². The van der Waals surface area contributed by atoms with Crippen LogP contribution < -0.4 is 5.73 Å². The lowest BCUT2D eigenvalue weighted by molar-refractivity contribution is -0.136. The van der Waals surface area contributed by atoms with Crippen LogP contribution in [0.2, 0.25) is 0 Å². The van der Waals surface area contributed by atoms with E-state index in [9.17, 15) is 4.79 Å². The topological polar surface area (TPSA) is 72.5 Å². The monoisotopic (exact) mass is 139 g/mol. The summed E-state index contributed by atoms with van der Waals surface area (Å²) in [4.78, 5) is 10.1. The largest absolute Gasteiger partial charge is 0.394 e. The molecule has 0 rings (SSSR count). The van der Waals surface area contributed by atoms with Crippen molar-refractivity contribution in [3.05, 3.63) is 0 Å². The number of halogens is 1. The Labute approximate surface area is 51.4 Å². The molecule has 0 amide bonds. The molecule has 1 atom stereocenters. The normalized spacial score (nSPS) is 12.9. The molecule has 0 aromatic carbocycles. The van der Waals surface area contributed by atoms with Crippen LogP contribution in [0.5, 0.6) is 0 Å². The van der Waals surface area contributed by atoms with Crippen molar-refractivity contribution >= 4 is 17.8 Å². The standard InChI is InChI=1S/C3H6ClNO3/c4-8-3(7)2(5)1-6/h2,6H,1,5H2/t2-/m0/s1. The second kappa shape index (κ2) is 3.65. The fourth-order valence-electron chi connectivity index (χ4n) is 0.132. The van der Waals surface area contributed by atoms with E-state index in [1.807, 2.05) is 0 Å². The molecule has 0 spiro atoms. The first kappa shape index (κ1) is 7.68. The predicted octanol–water partition coefficient (Wildman–Crippen LogP) is -0.997. The van der Waals surface area contributed by atoms with Crippen LogP contribution in [0.4, 0.5) is 0 Å². The fraction of sp³-hybridized carbons (Fsp3) is 0.667. The number of hydrogen-bond donors (Lipinski definition) is 2. The van der Waals surface area contributed by atoms with Crippen LogP contribution in [0, 0.1) is 0 Å². The maximum Gasteiger partial charge on any atom is 0.343 e. The minimum Gasteiger partial charge on any atom is -0.394 e. The molecule has 8 heavy (non-hydrogen) atoms. The van der Waals surface area contributed by atoms with Crippen LogP contribution >= 0.6 is 11.9 Å². The zero-order valence-corrected chi connectivity index (χ0v) is 4.76. The maximum atomic E-state index is 10.1. The molecule has 0 aliphatic carbocycles. The van der Waals surface area contributed by atoms with Gasteiger partial charge in [0.25, 0.3) is 0 Å². The van der Waals surface area contributed by atoms with Crippen LogP contribution in [0.25, 0.3) is 0 Å². The van der Waals surface area contributed by atoms with Gasteiger partial charge in [-0.2, -0.15) is 0 Å². The average molecular weight is 140 g/mol. The summed E-state index contributed by atoms with van der Waals surface area (Å²) in [6.07, 6.45) is 0. The Morgan fingerprint density at radius 3 is 2.62 bits per heavy atom. The lowest BCUT2D eigenvalue weighted by Gasteiger charge is -1.99. The van der Waals surface area contributed by atoms with Crippen LogP contribution in [0.1, 0.15) is 0 Å². The molecule has 0 heterocycles. The summed E-state index contributed by atoms with van der Waals surface area (Å²) in [7, 11) is 0. The molecule has 5 heteroatoms. The molecule has 0 aromatic heterocycles. The third-order valence-corrected chi connectivity index (χ3v) is 0.728. The Balaban J connectivity index is 3.46. The van der Waals surface area contributed by atoms with Gasteiger partial charge in [0.15, 0.2) is 0 Å². The van der Waals surface area contributed by atoms with Gasteiger partial charge in [-0.1, -0.05) is 0 Å². The second-order valence-corrected chi connectivity index (χ2v) is 1.34. The summed E-state index contributed by atoms with van der Waals surface area (Å²) in [5.41, 5.74) is 4.92. The van der Waals surface area contributed by atoms with E-state index in [0.29, 0.717) is 0 Å². The van der Waals surface area contributed by atoms with E-state index in [4.69, 9.17) is 10.8 Å². The molecule has 0 saturated heterocycles. The van der Waals surface area contributed by atoms with Crippen molar-refractivity contribution in [2.75, 3.05) is 6.61 Å². The van der Waals surface area contributed by atoms with Gasteiger partial charge in [0, 0.05) is 0 Å². The van der Waals surface area contributed by atoms with Gasteiger partial charge in [0.2, 0.25) is 0 Å². The van der Waals surface area contributed by atoms with Gasteiger partial charge >= 0.3 is 5.97 Å². The molecule has 0 saturated carbocycles. The van der Waals surface area contributed by atoms with Crippen molar-refractivity contribution < 1.29 is 14.2 Å². The Morgan fingerprint density at radius 2 is 2.50 bits per heavy atom. The van der Waals surface area contributed by atoms with Gasteiger partial charge in [-0.05, 0) is 0 Å². The van der Waals surface area contributed by atoms with Crippen LogP contribution in [-0.4, -0.2) is 23.7 Å². The summed E-state index contributed by atoms with van der Waals surface area (Å²) < 4.78 is 3.65. The Morgan fingerprint density at radius 1 is 2.00 bits per heavy atom. The summed E-state index contributed by atoms with van der Waals surface area (Å²) in [5.74, 6) is -0.825. The van der Waals surface area contributed by atoms with Crippen molar-refractivity contribution in [1.82, 2.24) is 0 Å². The maximum absolute atomic E-state index is 10.1. The molecule has 0 bridgehead atoms. The van der Waals surface area contributed by atoms with E-state index < -0.39 is 18.6 Å². The minimum absolute atomic E-state index is 0.453. The van der Waals surface area contributed by atoms with Crippen molar-refractivity contribution in [2.24, 2.45) is 5.73 Å². The molecule has 0 aromatic rings. The molecule has 0 aliphatic heterocycles.